The molecule has 5 heteroatoms. The summed E-state index contributed by atoms with van der Waals surface area (Å²) in [6.45, 7) is 0. The summed E-state index contributed by atoms with van der Waals surface area (Å²) in [5.41, 5.74) is 2.37. The molecule has 116 valence electrons. The molecule has 3 rings (SSSR count). The number of aromatic nitrogens is 3. The third-order valence-electron chi connectivity index (χ3n) is 3.57. The summed E-state index contributed by atoms with van der Waals surface area (Å²) >= 11 is 6.17. The average Bonchev–Trinajstić information content (AvgIpc) is 2.56. The second-order valence-corrected chi connectivity index (χ2v) is 5.68. The van der Waals surface area contributed by atoms with Crippen molar-refractivity contribution in [2.45, 2.75) is 19.3 Å². The fourth-order valence-corrected chi connectivity index (χ4v) is 2.66. The molecule has 2 heterocycles. The van der Waals surface area contributed by atoms with Crippen LogP contribution in [-0.4, -0.2) is 15.0 Å². The van der Waals surface area contributed by atoms with Crippen LogP contribution in [0.5, 0.6) is 0 Å². The Hall–Kier alpha value is -2.46. The Kier molecular flexibility index (Phi) is 4.83. The van der Waals surface area contributed by atoms with Gasteiger partial charge in [-0.1, -0.05) is 41.9 Å². The molecule has 0 spiro atoms. The standard InChI is InChI=1S/C18H16ClN3O/c19-15-9-10-20-12-14(15)16-11-18(23)22-17(21-16)8-4-7-13-5-2-1-3-6-13/h1-3,5-6,9-12H,4,7-8H2,(H,21,22,23). The third-order valence-corrected chi connectivity index (χ3v) is 3.90. The van der Waals surface area contributed by atoms with Crippen LogP contribution in [0, 0.1) is 0 Å². The average molecular weight is 326 g/mol. The summed E-state index contributed by atoms with van der Waals surface area (Å²) in [7, 11) is 0. The molecule has 0 unspecified atom stereocenters. The highest BCUT2D eigenvalue weighted by atomic mass is 35.5. The summed E-state index contributed by atoms with van der Waals surface area (Å²) < 4.78 is 0. The number of rotatable bonds is 5. The van der Waals surface area contributed by atoms with E-state index in [0.29, 0.717) is 28.5 Å². The summed E-state index contributed by atoms with van der Waals surface area (Å²) in [6, 6.07) is 13.4. The lowest BCUT2D eigenvalue weighted by Gasteiger charge is -2.07. The Morgan fingerprint density at radius 1 is 1.09 bits per heavy atom. The second-order valence-electron chi connectivity index (χ2n) is 5.27. The van der Waals surface area contributed by atoms with Gasteiger partial charge >= 0.3 is 0 Å². The largest absolute Gasteiger partial charge is 0.343 e. The van der Waals surface area contributed by atoms with Gasteiger partial charge in [-0.25, -0.2) is 0 Å². The van der Waals surface area contributed by atoms with Gasteiger partial charge in [0.1, 0.15) is 5.82 Å². The van der Waals surface area contributed by atoms with Crippen molar-refractivity contribution in [3.8, 4) is 11.3 Å². The molecule has 1 N–H and O–H groups in total. The first-order chi connectivity index (χ1) is 11.2. The Labute approximate surface area is 139 Å². The molecule has 0 radical (unpaired) electrons. The number of pyridine rings is 1. The van der Waals surface area contributed by atoms with Crippen molar-refractivity contribution < 1.29 is 0 Å². The van der Waals surface area contributed by atoms with Crippen molar-refractivity contribution in [2.75, 3.05) is 0 Å². The van der Waals surface area contributed by atoms with E-state index < -0.39 is 0 Å². The summed E-state index contributed by atoms with van der Waals surface area (Å²) in [6.07, 6.45) is 5.82. The van der Waals surface area contributed by atoms with E-state index in [1.165, 1.54) is 11.6 Å². The lowest BCUT2D eigenvalue weighted by atomic mass is 10.1. The highest BCUT2D eigenvalue weighted by Crippen LogP contribution is 2.23. The van der Waals surface area contributed by atoms with Gasteiger partial charge in [-0.2, -0.15) is 4.98 Å². The molecular weight excluding hydrogens is 310 g/mol. The van der Waals surface area contributed by atoms with Crippen LogP contribution >= 0.6 is 11.6 Å². The number of aromatic amines is 1. The Balaban J connectivity index is 1.76. The molecule has 0 aliphatic heterocycles. The molecule has 0 fully saturated rings. The zero-order valence-corrected chi connectivity index (χ0v) is 13.3. The number of nitrogens with zero attached hydrogens (tertiary/aromatic N) is 2. The summed E-state index contributed by atoms with van der Waals surface area (Å²) in [5.74, 6) is 0.670. The number of nitrogens with one attached hydrogen (secondary N) is 1. The van der Waals surface area contributed by atoms with Crippen LogP contribution in [0.25, 0.3) is 11.3 Å². The monoisotopic (exact) mass is 325 g/mol. The van der Waals surface area contributed by atoms with Crippen molar-refractivity contribution in [1.29, 1.82) is 0 Å². The zero-order chi connectivity index (χ0) is 16.1. The lowest BCUT2D eigenvalue weighted by molar-refractivity contribution is 0.767. The molecule has 4 nitrogen and oxygen atoms in total. The molecule has 23 heavy (non-hydrogen) atoms. The maximum Gasteiger partial charge on any atom is 0.273 e. The molecule has 0 aliphatic carbocycles. The molecule has 3 aromatic rings. The van der Waals surface area contributed by atoms with Crippen LogP contribution in [0.15, 0.2) is 59.7 Å². The first-order valence-corrected chi connectivity index (χ1v) is 7.84. The van der Waals surface area contributed by atoms with Gasteiger partial charge in [-0.05, 0) is 24.5 Å². The minimum Gasteiger partial charge on any atom is -0.343 e. The number of halogens is 1. The van der Waals surface area contributed by atoms with Gasteiger partial charge in [0.25, 0.3) is 5.56 Å². The zero-order valence-electron chi connectivity index (χ0n) is 12.5. The van der Waals surface area contributed by atoms with Crippen molar-refractivity contribution in [3.05, 3.63) is 81.6 Å². The van der Waals surface area contributed by atoms with E-state index in [1.54, 1.807) is 18.5 Å². The normalized spacial score (nSPS) is 10.7. The van der Waals surface area contributed by atoms with Gasteiger partial charge in [0.15, 0.2) is 0 Å². The second kappa shape index (κ2) is 7.20. The van der Waals surface area contributed by atoms with Crippen LogP contribution in [0.4, 0.5) is 0 Å². The number of hydrogen-bond acceptors (Lipinski definition) is 3. The molecule has 0 aliphatic rings. The van der Waals surface area contributed by atoms with E-state index in [1.807, 2.05) is 18.2 Å². The van der Waals surface area contributed by atoms with E-state index in [4.69, 9.17) is 11.6 Å². The fourth-order valence-electron chi connectivity index (χ4n) is 2.45. The number of hydrogen-bond donors (Lipinski definition) is 1. The maximum atomic E-state index is 11.8. The molecule has 0 amide bonds. The SMILES string of the molecule is O=c1cc(-c2cnccc2Cl)[nH]c(CCCc2ccccc2)n1. The summed E-state index contributed by atoms with van der Waals surface area (Å²) in [4.78, 5) is 23.1. The van der Waals surface area contributed by atoms with E-state index in [-0.39, 0.29) is 5.56 Å². The highest BCUT2D eigenvalue weighted by molar-refractivity contribution is 6.33. The molecule has 1 aromatic carbocycles. The predicted molar refractivity (Wildman–Crippen MR) is 91.6 cm³/mol. The van der Waals surface area contributed by atoms with Crippen molar-refractivity contribution >= 4 is 11.6 Å². The molecule has 0 bridgehead atoms. The molecule has 0 saturated carbocycles. The van der Waals surface area contributed by atoms with Gasteiger partial charge in [-0.15, -0.1) is 0 Å². The fraction of sp³-hybridized carbons (Fsp3) is 0.167. The first kappa shape index (κ1) is 15.4. The third kappa shape index (κ3) is 4.05. The molecule has 0 saturated heterocycles. The maximum absolute atomic E-state index is 11.8. The highest BCUT2D eigenvalue weighted by Gasteiger charge is 2.07. The van der Waals surface area contributed by atoms with Crippen LogP contribution in [0.2, 0.25) is 5.02 Å². The van der Waals surface area contributed by atoms with E-state index in [9.17, 15) is 4.79 Å². The predicted octanol–water partition coefficient (Wildman–Crippen LogP) is 3.66. The van der Waals surface area contributed by atoms with E-state index in [2.05, 4.69) is 27.1 Å². The van der Waals surface area contributed by atoms with E-state index >= 15 is 0 Å². The molecule has 2 aromatic heterocycles. The minimum atomic E-state index is -0.270. The Morgan fingerprint density at radius 2 is 1.91 bits per heavy atom. The van der Waals surface area contributed by atoms with Crippen LogP contribution in [-0.2, 0) is 12.8 Å². The van der Waals surface area contributed by atoms with E-state index in [0.717, 1.165) is 12.8 Å². The van der Waals surface area contributed by atoms with Crippen LogP contribution in [0.3, 0.4) is 0 Å². The van der Waals surface area contributed by atoms with Crippen LogP contribution < -0.4 is 5.56 Å². The Morgan fingerprint density at radius 3 is 2.70 bits per heavy atom. The number of aryl methyl sites for hydroxylation is 2. The topological polar surface area (TPSA) is 58.6 Å². The minimum absolute atomic E-state index is 0.270. The van der Waals surface area contributed by atoms with Gasteiger partial charge < -0.3 is 4.98 Å². The molecular formula is C18H16ClN3O. The quantitative estimate of drug-likeness (QED) is 0.778. The van der Waals surface area contributed by atoms with Gasteiger partial charge in [0, 0.05) is 30.4 Å². The van der Waals surface area contributed by atoms with Crippen molar-refractivity contribution in [1.82, 2.24) is 15.0 Å². The first-order valence-electron chi connectivity index (χ1n) is 7.46. The Bertz CT molecular complexity index is 846. The summed E-state index contributed by atoms with van der Waals surface area (Å²) in [5, 5.41) is 0.553. The van der Waals surface area contributed by atoms with Crippen LogP contribution in [0.1, 0.15) is 17.8 Å². The van der Waals surface area contributed by atoms with Crippen molar-refractivity contribution in [2.24, 2.45) is 0 Å². The number of benzene rings is 1. The lowest BCUT2D eigenvalue weighted by Crippen LogP contribution is -2.11. The molecule has 0 atom stereocenters. The smallest absolute Gasteiger partial charge is 0.273 e. The van der Waals surface area contributed by atoms with Gasteiger partial charge in [0.05, 0.1) is 10.7 Å². The number of H-pyrrole nitrogens is 1. The van der Waals surface area contributed by atoms with Crippen molar-refractivity contribution in [3.63, 3.8) is 0 Å². The van der Waals surface area contributed by atoms with Gasteiger partial charge in [-0.3, -0.25) is 9.78 Å². The van der Waals surface area contributed by atoms with Gasteiger partial charge in [0.2, 0.25) is 0 Å².